The maximum absolute atomic E-state index is 13.1. The Morgan fingerprint density at radius 1 is 1.07 bits per heavy atom. The molecule has 0 bridgehead atoms. The topological polar surface area (TPSA) is 80.5 Å². The van der Waals surface area contributed by atoms with Crippen LogP contribution in [0.1, 0.15) is 18.9 Å². The van der Waals surface area contributed by atoms with Crippen LogP contribution in [0.25, 0.3) is 21.9 Å². The van der Waals surface area contributed by atoms with Crippen molar-refractivity contribution in [3.63, 3.8) is 0 Å². The van der Waals surface area contributed by atoms with Gasteiger partial charge in [-0.05, 0) is 24.6 Å². The van der Waals surface area contributed by atoms with Gasteiger partial charge in [-0.3, -0.25) is 14.6 Å². The SMILES string of the molecule is CCCN1C(=O)/C(=c2\sc3nc(-c4ccncc4)nn3c2=O)c2ccccc21. The number of anilines is 1. The van der Waals surface area contributed by atoms with Crippen LogP contribution in [0.3, 0.4) is 0 Å². The molecule has 0 unspecified atom stereocenters. The number of hydrogen-bond acceptors (Lipinski definition) is 6. The Hall–Kier alpha value is -3.39. The second kappa shape index (κ2) is 6.35. The first-order chi connectivity index (χ1) is 13.7. The minimum Gasteiger partial charge on any atom is -0.308 e. The van der Waals surface area contributed by atoms with E-state index in [1.807, 2.05) is 31.2 Å². The maximum atomic E-state index is 13.1. The molecule has 0 N–H and O–H groups in total. The standard InChI is InChI=1S/C20H15N5O2S/c1-2-11-24-14-6-4-3-5-13(14)15(18(24)26)16-19(27)25-20(28-16)22-17(23-25)12-7-9-21-10-8-12/h3-10H,2,11H2,1H3/b16-15-. The Balaban J connectivity index is 1.74. The minimum atomic E-state index is -0.315. The van der Waals surface area contributed by atoms with Crippen LogP contribution >= 0.6 is 11.3 Å². The Morgan fingerprint density at radius 2 is 1.86 bits per heavy atom. The minimum absolute atomic E-state index is 0.140. The predicted octanol–water partition coefficient (Wildman–Crippen LogP) is 1.89. The number of nitrogens with zero attached hydrogens (tertiary/aromatic N) is 5. The molecule has 0 atom stereocenters. The van der Waals surface area contributed by atoms with Crippen molar-refractivity contribution in [1.82, 2.24) is 19.6 Å². The third kappa shape index (κ3) is 2.38. The molecule has 138 valence electrons. The summed E-state index contributed by atoms with van der Waals surface area (Å²) in [7, 11) is 0. The summed E-state index contributed by atoms with van der Waals surface area (Å²) in [6.07, 6.45) is 4.14. The van der Waals surface area contributed by atoms with E-state index in [-0.39, 0.29) is 11.5 Å². The van der Waals surface area contributed by atoms with Gasteiger partial charge in [0.05, 0.1) is 11.3 Å². The highest BCUT2D eigenvalue weighted by Crippen LogP contribution is 2.35. The lowest BCUT2D eigenvalue weighted by atomic mass is 10.1. The van der Waals surface area contributed by atoms with Crippen LogP contribution in [-0.2, 0) is 4.79 Å². The average molecular weight is 389 g/mol. The van der Waals surface area contributed by atoms with Gasteiger partial charge in [0.1, 0.15) is 4.53 Å². The molecule has 28 heavy (non-hydrogen) atoms. The number of carbonyl (C=O) groups is 1. The lowest BCUT2D eigenvalue weighted by Gasteiger charge is -2.15. The van der Waals surface area contributed by atoms with Crippen molar-refractivity contribution >= 4 is 33.5 Å². The van der Waals surface area contributed by atoms with Gasteiger partial charge in [-0.25, -0.2) is 0 Å². The van der Waals surface area contributed by atoms with Crippen LogP contribution in [0.5, 0.6) is 0 Å². The molecule has 3 aromatic heterocycles. The van der Waals surface area contributed by atoms with E-state index in [0.29, 0.717) is 27.4 Å². The highest BCUT2D eigenvalue weighted by molar-refractivity contribution is 7.15. The van der Waals surface area contributed by atoms with Crippen LogP contribution < -0.4 is 15.0 Å². The summed E-state index contributed by atoms with van der Waals surface area (Å²) in [6, 6.07) is 11.2. The van der Waals surface area contributed by atoms with Gasteiger partial charge in [0.15, 0.2) is 5.82 Å². The van der Waals surface area contributed by atoms with Gasteiger partial charge in [0.25, 0.3) is 11.5 Å². The molecule has 7 nitrogen and oxygen atoms in total. The monoisotopic (exact) mass is 389 g/mol. The van der Waals surface area contributed by atoms with Gasteiger partial charge >= 0.3 is 0 Å². The number of thiazole rings is 1. The van der Waals surface area contributed by atoms with E-state index in [9.17, 15) is 9.59 Å². The zero-order valence-electron chi connectivity index (χ0n) is 15.0. The van der Waals surface area contributed by atoms with Crippen molar-refractivity contribution in [2.24, 2.45) is 0 Å². The molecule has 4 heterocycles. The van der Waals surface area contributed by atoms with Crippen molar-refractivity contribution in [3.05, 3.63) is 69.2 Å². The van der Waals surface area contributed by atoms with Crippen molar-refractivity contribution in [2.45, 2.75) is 13.3 Å². The summed E-state index contributed by atoms with van der Waals surface area (Å²) in [5.74, 6) is 0.326. The molecule has 0 aliphatic carbocycles. The smallest absolute Gasteiger partial charge is 0.291 e. The summed E-state index contributed by atoms with van der Waals surface area (Å²) in [6.45, 7) is 2.64. The molecule has 1 aromatic carbocycles. The summed E-state index contributed by atoms with van der Waals surface area (Å²) < 4.78 is 1.66. The van der Waals surface area contributed by atoms with Gasteiger partial charge in [-0.2, -0.15) is 9.50 Å². The van der Waals surface area contributed by atoms with Crippen LogP contribution in [0.2, 0.25) is 0 Å². The van der Waals surface area contributed by atoms with Crippen molar-refractivity contribution in [2.75, 3.05) is 11.4 Å². The first-order valence-electron chi connectivity index (χ1n) is 8.94. The average Bonchev–Trinajstić information content (AvgIpc) is 3.35. The quantitative estimate of drug-likeness (QED) is 0.535. The fraction of sp³-hybridized carbons (Fsp3) is 0.150. The Labute approximate surface area is 163 Å². The molecule has 4 aromatic rings. The number of rotatable bonds is 3. The van der Waals surface area contributed by atoms with Crippen molar-refractivity contribution in [3.8, 4) is 11.4 Å². The normalized spacial score (nSPS) is 15.5. The molecule has 1 amide bonds. The number of hydrogen-bond donors (Lipinski definition) is 0. The van der Waals surface area contributed by atoms with Crippen LogP contribution in [0, 0.1) is 0 Å². The molecule has 1 aliphatic heterocycles. The molecule has 1 aliphatic rings. The maximum Gasteiger partial charge on any atom is 0.291 e. The van der Waals surface area contributed by atoms with E-state index >= 15 is 0 Å². The van der Waals surface area contributed by atoms with Crippen LogP contribution in [0.4, 0.5) is 5.69 Å². The number of para-hydroxylation sites is 1. The number of benzene rings is 1. The highest BCUT2D eigenvalue weighted by atomic mass is 32.1. The zero-order valence-corrected chi connectivity index (χ0v) is 15.8. The largest absolute Gasteiger partial charge is 0.308 e. The van der Waals surface area contributed by atoms with Gasteiger partial charge in [0.2, 0.25) is 4.96 Å². The second-order valence-electron chi connectivity index (χ2n) is 6.45. The number of pyridine rings is 1. The summed E-state index contributed by atoms with van der Waals surface area (Å²) >= 11 is 1.20. The van der Waals surface area contributed by atoms with Crippen LogP contribution in [0.15, 0.2) is 53.6 Å². The third-order valence-corrected chi connectivity index (χ3v) is 5.72. The second-order valence-corrected chi connectivity index (χ2v) is 7.43. The molecular weight excluding hydrogens is 374 g/mol. The van der Waals surface area contributed by atoms with Crippen molar-refractivity contribution < 1.29 is 4.79 Å². The Morgan fingerprint density at radius 3 is 2.61 bits per heavy atom. The first-order valence-corrected chi connectivity index (χ1v) is 9.76. The van der Waals surface area contributed by atoms with E-state index in [4.69, 9.17) is 0 Å². The molecule has 0 saturated heterocycles. The Kier molecular flexibility index (Phi) is 3.80. The van der Waals surface area contributed by atoms with Crippen LogP contribution in [-0.4, -0.2) is 32.0 Å². The third-order valence-electron chi connectivity index (χ3n) is 4.69. The Bertz CT molecular complexity index is 1330. The number of carbonyl (C=O) groups excluding carboxylic acids is 1. The first kappa shape index (κ1) is 16.8. The molecule has 5 rings (SSSR count). The van der Waals surface area contributed by atoms with E-state index < -0.39 is 0 Å². The lowest BCUT2D eigenvalue weighted by molar-refractivity contribution is -0.113. The number of amides is 1. The lowest BCUT2D eigenvalue weighted by Crippen LogP contribution is -2.32. The van der Waals surface area contributed by atoms with Gasteiger partial charge < -0.3 is 4.90 Å². The van der Waals surface area contributed by atoms with Gasteiger partial charge in [-0.1, -0.05) is 36.5 Å². The van der Waals surface area contributed by atoms with E-state index in [2.05, 4.69) is 15.1 Å². The molecule has 0 saturated carbocycles. The van der Waals surface area contributed by atoms with Gasteiger partial charge in [-0.15, -0.1) is 5.10 Å². The van der Waals surface area contributed by atoms with E-state index in [0.717, 1.165) is 23.2 Å². The predicted molar refractivity (Wildman–Crippen MR) is 107 cm³/mol. The molecule has 0 radical (unpaired) electrons. The summed E-state index contributed by atoms with van der Waals surface area (Å²) in [5, 5.41) is 4.35. The van der Waals surface area contributed by atoms with Gasteiger partial charge in [0, 0.05) is 30.1 Å². The van der Waals surface area contributed by atoms with E-state index in [1.54, 1.807) is 29.4 Å². The highest BCUT2D eigenvalue weighted by Gasteiger charge is 2.33. The number of aromatic nitrogens is 4. The zero-order chi connectivity index (χ0) is 19.3. The number of fused-ring (bicyclic) bond motifs is 2. The molecule has 0 fully saturated rings. The summed E-state index contributed by atoms with van der Waals surface area (Å²) in [5.41, 5.74) is 2.55. The molecule has 0 spiro atoms. The van der Waals surface area contributed by atoms with E-state index in [1.165, 1.54) is 15.9 Å². The fourth-order valence-corrected chi connectivity index (χ4v) is 4.45. The molecular formula is C20H15N5O2S. The van der Waals surface area contributed by atoms with Crippen molar-refractivity contribution in [1.29, 1.82) is 0 Å². The fourth-order valence-electron chi connectivity index (χ4n) is 3.45. The summed E-state index contributed by atoms with van der Waals surface area (Å²) in [4.78, 5) is 36.8. The molecule has 8 heteroatoms.